The van der Waals surface area contributed by atoms with Gasteiger partial charge in [0.1, 0.15) is 0 Å². The van der Waals surface area contributed by atoms with Gasteiger partial charge in [0.2, 0.25) is 0 Å². The van der Waals surface area contributed by atoms with Crippen LogP contribution in [0.4, 0.5) is 10.5 Å². The molecule has 6 heteroatoms. The van der Waals surface area contributed by atoms with E-state index in [0.717, 1.165) is 5.56 Å². The predicted octanol–water partition coefficient (Wildman–Crippen LogP) is 1.60. The molecule has 2 rings (SSSR count). The van der Waals surface area contributed by atoms with Crippen molar-refractivity contribution in [3.63, 3.8) is 0 Å². The number of nitrogens with one attached hydrogen (secondary N) is 2. The van der Waals surface area contributed by atoms with Crippen LogP contribution < -0.4 is 10.6 Å². The molecule has 0 spiro atoms. The van der Waals surface area contributed by atoms with Crippen molar-refractivity contribution in [1.82, 2.24) is 5.32 Å². The fraction of sp³-hybridized carbons (Fsp3) is 0.385. The third-order valence-corrected chi connectivity index (χ3v) is 3.20. The van der Waals surface area contributed by atoms with Gasteiger partial charge in [-0.05, 0) is 24.1 Å². The van der Waals surface area contributed by atoms with Crippen LogP contribution in [-0.2, 0) is 9.53 Å². The van der Waals surface area contributed by atoms with Gasteiger partial charge in [-0.2, -0.15) is 0 Å². The van der Waals surface area contributed by atoms with Crippen LogP contribution in [0.1, 0.15) is 18.0 Å². The molecule has 2 unspecified atom stereocenters. The molecule has 0 aliphatic carbocycles. The Morgan fingerprint density at radius 3 is 2.89 bits per heavy atom. The average Bonchev–Trinajstić information content (AvgIpc) is 2.88. The second kappa shape index (κ2) is 5.71. The number of amides is 1. The van der Waals surface area contributed by atoms with E-state index in [1.165, 1.54) is 7.11 Å². The quantitative estimate of drug-likeness (QED) is 0.771. The maximum atomic E-state index is 11.1. The number of anilines is 1. The molecular formula is C13H16N2O4. The first-order valence-electron chi connectivity index (χ1n) is 6.01. The smallest absolute Gasteiger partial charge is 0.411 e. The van der Waals surface area contributed by atoms with Crippen molar-refractivity contribution in [1.29, 1.82) is 0 Å². The number of methoxy groups -OCH3 is 1. The molecule has 3 N–H and O–H groups in total. The lowest BCUT2D eigenvalue weighted by Gasteiger charge is -2.12. The molecule has 1 fully saturated rings. The number of hydrogen-bond donors (Lipinski definition) is 3. The second-order valence-corrected chi connectivity index (χ2v) is 4.47. The van der Waals surface area contributed by atoms with E-state index in [1.54, 1.807) is 6.07 Å². The van der Waals surface area contributed by atoms with Crippen LogP contribution in [0.25, 0.3) is 0 Å². The first kappa shape index (κ1) is 13.4. The fourth-order valence-electron chi connectivity index (χ4n) is 2.18. The van der Waals surface area contributed by atoms with E-state index in [0.29, 0.717) is 18.7 Å². The Bertz CT molecular complexity index is 489. The lowest BCUT2D eigenvalue weighted by atomic mass is 10.00. The van der Waals surface area contributed by atoms with Crippen LogP contribution in [-0.4, -0.2) is 30.8 Å². The molecule has 1 aromatic carbocycles. The monoisotopic (exact) mass is 264 g/mol. The zero-order valence-electron chi connectivity index (χ0n) is 10.6. The van der Waals surface area contributed by atoms with E-state index >= 15 is 0 Å². The minimum atomic E-state index is -0.779. The van der Waals surface area contributed by atoms with Crippen molar-refractivity contribution in [2.45, 2.75) is 12.5 Å². The number of aliphatic carboxylic acids is 1. The highest BCUT2D eigenvalue weighted by Gasteiger charge is 2.30. The molecule has 0 radical (unpaired) electrons. The van der Waals surface area contributed by atoms with Gasteiger partial charge >= 0.3 is 12.1 Å². The maximum absolute atomic E-state index is 11.1. The number of hydrogen-bond acceptors (Lipinski definition) is 4. The summed E-state index contributed by atoms with van der Waals surface area (Å²) in [6.45, 7) is 0.467. The standard InChI is InChI=1S/C13H16N2O4/c1-19-13(18)15-10-4-2-3-8(5-10)11-6-9(7-14-11)12(16)17/h2-5,9,11,14H,6-7H2,1H3,(H,15,18)(H,16,17). The van der Waals surface area contributed by atoms with E-state index in [2.05, 4.69) is 15.4 Å². The molecule has 1 aromatic rings. The van der Waals surface area contributed by atoms with Gasteiger partial charge in [0, 0.05) is 18.3 Å². The van der Waals surface area contributed by atoms with Crippen molar-refractivity contribution in [3.8, 4) is 0 Å². The minimum absolute atomic E-state index is 0.000460. The van der Waals surface area contributed by atoms with Crippen LogP contribution in [0.15, 0.2) is 24.3 Å². The Morgan fingerprint density at radius 2 is 2.26 bits per heavy atom. The van der Waals surface area contributed by atoms with Gasteiger partial charge in [-0.25, -0.2) is 4.79 Å². The van der Waals surface area contributed by atoms with E-state index in [-0.39, 0.29) is 12.0 Å². The molecule has 1 amide bonds. The first-order valence-corrected chi connectivity index (χ1v) is 6.01. The van der Waals surface area contributed by atoms with Crippen molar-refractivity contribution in [2.75, 3.05) is 19.0 Å². The van der Waals surface area contributed by atoms with E-state index in [4.69, 9.17) is 5.11 Å². The van der Waals surface area contributed by atoms with Crippen LogP contribution in [0, 0.1) is 5.92 Å². The highest BCUT2D eigenvalue weighted by molar-refractivity contribution is 5.84. The van der Waals surface area contributed by atoms with Crippen molar-refractivity contribution < 1.29 is 19.4 Å². The lowest BCUT2D eigenvalue weighted by molar-refractivity contribution is -0.141. The molecule has 0 saturated carbocycles. The number of carbonyl (C=O) groups excluding carboxylic acids is 1. The summed E-state index contributed by atoms with van der Waals surface area (Å²) in [6.07, 6.45) is 0.0248. The molecule has 1 aliphatic heterocycles. The van der Waals surface area contributed by atoms with E-state index < -0.39 is 12.1 Å². The van der Waals surface area contributed by atoms with Crippen LogP contribution >= 0.6 is 0 Å². The van der Waals surface area contributed by atoms with Crippen LogP contribution in [0.5, 0.6) is 0 Å². The van der Waals surface area contributed by atoms with Crippen LogP contribution in [0.2, 0.25) is 0 Å². The molecule has 1 saturated heterocycles. The molecular weight excluding hydrogens is 248 g/mol. The number of rotatable bonds is 3. The molecule has 6 nitrogen and oxygen atoms in total. The summed E-state index contributed by atoms with van der Waals surface area (Å²) in [7, 11) is 1.30. The highest BCUT2D eigenvalue weighted by Crippen LogP contribution is 2.28. The molecule has 2 atom stereocenters. The number of carboxylic acids is 1. The third-order valence-electron chi connectivity index (χ3n) is 3.20. The normalized spacial score (nSPS) is 21.9. The largest absolute Gasteiger partial charge is 0.481 e. The summed E-state index contributed by atoms with van der Waals surface area (Å²) in [5.41, 5.74) is 1.59. The Balaban J connectivity index is 2.07. The zero-order valence-corrected chi connectivity index (χ0v) is 10.6. The Hall–Kier alpha value is -2.08. The summed E-state index contributed by atoms with van der Waals surface area (Å²) in [5, 5.41) is 14.7. The third kappa shape index (κ3) is 3.23. The first-order chi connectivity index (χ1) is 9.10. The summed E-state index contributed by atoms with van der Waals surface area (Å²) >= 11 is 0. The number of carboxylic acid groups (broad SMARTS) is 1. The molecule has 1 heterocycles. The van der Waals surface area contributed by atoms with Crippen molar-refractivity contribution in [3.05, 3.63) is 29.8 Å². The second-order valence-electron chi connectivity index (χ2n) is 4.47. The molecule has 1 aliphatic rings. The summed E-state index contributed by atoms with van der Waals surface area (Å²) in [4.78, 5) is 22.0. The minimum Gasteiger partial charge on any atom is -0.481 e. The Kier molecular flexibility index (Phi) is 4.01. The Morgan fingerprint density at radius 1 is 1.47 bits per heavy atom. The predicted molar refractivity (Wildman–Crippen MR) is 69.0 cm³/mol. The average molecular weight is 264 g/mol. The van der Waals surface area contributed by atoms with Crippen molar-refractivity contribution in [2.24, 2.45) is 5.92 Å². The molecule has 102 valence electrons. The lowest BCUT2D eigenvalue weighted by Crippen LogP contribution is -2.17. The number of ether oxygens (including phenoxy) is 1. The van der Waals surface area contributed by atoms with Gasteiger partial charge in [0.05, 0.1) is 13.0 Å². The van der Waals surface area contributed by atoms with Gasteiger partial charge < -0.3 is 15.2 Å². The summed E-state index contributed by atoms with van der Waals surface area (Å²) < 4.78 is 4.52. The van der Waals surface area contributed by atoms with Crippen LogP contribution in [0.3, 0.4) is 0 Å². The summed E-state index contributed by atoms with van der Waals surface area (Å²) in [5.74, 6) is -1.14. The summed E-state index contributed by atoms with van der Waals surface area (Å²) in [6, 6.07) is 7.30. The van der Waals surface area contributed by atoms with Gasteiger partial charge in [0.15, 0.2) is 0 Å². The molecule has 0 aromatic heterocycles. The van der Waals surface area contributed by atoms with Gasteiger partial charge in [-0.15, -0.1) is 0 Å². The number of carbonyl (C=O) groups is 2. The van der Waals surface area contributed by atoms with E-state index in [9.17, 15) is 9.59 Å². The highest BCUT2D eigenvalue weighted by atomic mass is 16.5. The SMILES string of the molecule is COC(=O)Nc1cccc(C2CC(C(=O)O)CN2)c1. The van der Waals surface area contributed by atoms with Gasteiger partial charge in [-0.3, -0.25) is 10.1 Å². The molecule has 0 bridgehead atoms. The Labute approximate surface area is 110 Å². The maximum Gasteiger partial charge on any atom is 0.411 e. The number of benzene rings is 1. The molecule has 19 heavy (non-hydrogen) atoms. The van der Waals surface area contributed by atoms with E-state index in [1.807, 2.05) is 18.2 Å². The van der Waals surface area contributed by atoms with Crippen molar-refractivity contribution >= 4 is 17.7 Å². The van der Waals surface area contributed by atoms with Gasteiger partial charge in [-0.1, -0.05) is 12.1 Å². The van der Waals surface area contributed by atoms with Gasteiger partial charge in [0.25, 0.3) is 0 Å². The topological polar surface area (TPSA) is 87.7 Å². The fourth-order valence-corrected chi connectivity index (χ4v) is 2.18. The zero-order chi connectivity index (χ0) is 13.8.